The van der Waals surface area contributed by atoms with Crippen LogP contribution in [0.1, 0.15) is 142 Å². The fourth-order valence-electron chi connectivity index (χ4n) is 9.94. The average Bonchev–Trinajstić information content (AvgIpc) is 3.79. The third kappa shape index (κ3) is 7.69. The van der Waals surface area contributed by atoms with Gasteiger partial charge in [-0.15, -0.1) is 0 Å². The molecule has 0 spiro atoms. The molecule has 8 nitrogen and oxygen atoms in total. The third-order valence-corrected chi connectivity index (χ3v) is 13.8. The molecule has 5 aliphatic rings. The van der Waals surface area contributed by atoms with Gasteiger partial charge in [0.1, 0.15) is 5.60 Å². The summed E-state index contributed by atoms with van der Waals surface area (Å²) in [7, 11) is 0. The minimum absolute atomic E-state index is 0.0382. The maximum absolute atomic E-state index is 14.2. The van der Waals surface area contributed by atoms with Gasteiger partial charge in [-0.25, -0.2) is 9.78 Å². The van der Waals surface area contributed by atoms with E-state index in [9.17, 15) is 14.4 Å². The van der Waals surface area contributed by atoms with Gasteiger partial charge < -0.3 is 18.8 Å². The second-order valence-electron chi connectivity index (χ2n) is 17.0. The molecule has 1 saturated heterocycles. The van der Waals surface area contributed by atoms with E-state index in [-0.39, 0.29) is 36.1 Å². The molecular weight excluding hydrogens is 628 g/mol. The molecule has 274 valence electrons. The predicted octanol–water partition coefficient (Wildman–Crippen LogP) is 9.00. The number of aromatic nitrogens is 2. The molecule has 4 aliphatic carbocycles. The van der Waals surface area contributed by atoms with Gasteiger partial charge in [-0.1, -0.05) is 44.2 Å². The summed E-state index contributed by atoms with van der Waals surface area (Å²) in [5.41, 5.74) is -0.520. The lowest BCUT2D eigenvalue weighted by molar-refractivity contribution is -0.212. The van der Waals surface area contributed by atoms with Gasteiger partial charge in [0.25, 0.3) is 0 Å². The third-order valence-electron chi connectivity index (χ3n) is 13.8. The molecule has 5 fully saturated rings. The lowest BCUT2D eigenvalue weighted by Crippen LogP contribution is -2.58. The van der Waals surface area contributed by atoms with E-state index in [2.05, 4.69) is 61.5 Å². The number of imidazole rings is 1. The largest absolute Gasteiger partial charge is 0.463 e. The Morgan fingerprint density at radius 1 is 0.940 bits per heavy atom. The maximum Gasteiger partial charge on any atom is 0.347 e. The van der Waals surface area contributed by atoms with Crippen molar-refractivity contribution < 1.29 is 28.6 Å². The van der Waals surface area contributed by atoms with Crippen LogP contribution in [0.3, 0.4) is 0 Å². The van der Waals surface area contributed by atoms with Crippen molar-refractivity contribution in [3.8, 4) is 0 Å². The molecule has 5 atom stereocenters. The van der Waals surface area contributed by atoms with E-state index < -0.39 is 22.9 Å². The lowest BCUT2D eigenvalue weighted by Gasteiger charge is -2.59. The van der Waals surface area contributed by atoms with E-state index in [1.807, 2.05) is 25.5 Å². The molecule has 4 saturated carbocycles. The van der Waals surface area contributed by atoms with Gasteiger partial charge in [-0.2, -0.15) is 0 Å². The first-order chi connectivity index (χ1) is 24.0. The highest BCUT2D eigenvalue weighted by Crippen LogP contribution is 2.60. The van der Waals surface area contributed by atoms with Crippen LogP contribution < -0.4 is 0 Å². The molecule has 0 N–H and O–H groups in total. The summed E-state index contributed by atoms with van der Waals surface area (Å²) in [6, 6.07) is 10.7. The Balaban J connectivity index is 1.16. The van der Waals surface area contributed by atoms with E-state index in [1.54, 1.807) is 6.20 Å². The highest BCUT2D eigenvalue weighted by Gasteiger charge is 2.58. The Morgan fingerprint density at radius 3 is 2.14 bits per heavy atom. The van der Waals surface area contributed by atoms with Gasteiger partial charge in [-0.05, 0) is 139 Å². The number of benzene rings is 1. The van der Waals surface area contributed by atoms with Gasteiger partial charge >= 0.3 is 17.9 Å². The fraction of sp³-hybridized carbons (Fsp3) is 0.714. The van der Waals surface area contributed by atoms with Gasteiger partial charge in [0, 0.05) is 24.9 Å². The zero-order chi connectivity index (χ0) is 35.5. The molecule has 5 unspecified atom stereocenters. The number of nitrogens with zero attached hydrogens (tertiary/aromatic N) is 2. The first-order valence-corrected chi connectivity index (χ1v) is 19.6. The minimum Gasteiger partial charge on any atom is -0.463 e. The maximum atomic E-state index is 14.2. The first-order valence-electron chi connectivity index (χ1n) is 19.6. The first kappa shape index (κ1) is 36.6. The normalized spacial score (nSPS) is 30.6. The van der Waals surface area contributed by atoms with E-state index in [0.29, 0.717) is 37.5 Å². The van der Waals surface area contributed by atoms with E-state index in [4.69, 9.17) is 14.2 Å². The Morgan fingerprint density at radius 2 is 1.58 bits per heavy atom. The molecule has 2 aromatic rings. The highest BCUT2D eigenvalue weighted by atomic mass is 16.6. The standard InChI is InChI=1S/C42H60N2O6/c1-6-35(44-21-20-43-28-44)15-19-41(4,38(46)49-36-16-22-48-37(36)45)18-14-32(31-11-9-8-10-12-31)13-17-40(3,7-2)39(47)50-42(5)33-24-29-23-30(26-33)27-34(42)25-29/h8-12,20-21,28-30,32-36H,6-7,13-19,22-27H2,1-5H3. The summed E-state index contributed by atoms with van der Waals surface area (Å²) in [4.78, 5) is 44.7. The number of ether oxygens (including phenoxy) is 3. The fourth-order valence-corrected chi connectivity index (χ4v) is 9.94. The zero-order valence-electron chi connectivity index (χ0n) is 31.1. The molecule has 0 amide bonds. The lowest BCUT2D eigenvalue weighted by atomic mass is 9.50. The van der Waals surface area contributed by atoms with Gasteiger partial charge in [0.2, 0.25) is 6.10 Å². The number of cyclic esters (lactones) is 1. The molecular formula is C42H60N2O6. The molecule has 1 aromatic heterocycles. The number of rotatable bonds is 17. The van der Waals surface area contributed by atoms with Crippen LogP contribution >= 0.6 is 0 Å². The van der Waals surface area contributed by atoms with Crippen molar-refractivity contribution in [1.82, 2.24) is 9.55 Å². The van der Waals surface area contributed by atoms with Crippen LogP contribution in [-0.4, -0.2) is 45.8 Å². The minimum atomic E-state index is -0.838. The van der Waals surface area contributed by atoms with Crippen LogP contribution in [0.25, 0.3) is 0 Å². The van der Waals surface area contributed by atoms with Crippen LogP contribution in [-0.2, 0) is 28.6 Å². The van der Waals surface area contributed by atoms with Crippen molar-refractivity contribution in [2.24, 2.45) is 34.5 Å². The van der Waals surface area contributed by atoms with Gasteiger partial charge in [0.05, 0.1) is 23.8 Å². The molecule has 8 heteroatoms. The van der Waals surface area contributed by atoms with Crippen molar-refractivity contribution in [1.29, 1.82) is 0 Å². The Hall–Kier alpha value is -3.16. The summed E-state index contributed by atoms with van der Waals surface area (Å²) >= 11 is 0. The predicted molar refractivity (Wildman–Crippen MR) is 192 cm³/mol. The van der Waals surface area contributed by atoms with Gasteiger partial charge in [0.15, 0.2) is 0 Å². The van der Waals surface area contributed by atoms with Crippen molar-refractivity contribution in [2.75, 3.05) is 6.61 Å². The summed E-state index contributed by atoms with van der Waals surface area (Å²) in [6.07, 6.45) is 17.3. The van der Waals surface area contributed by atoms with Crippen molar-refractivity contribution in [3.63, 3.8) is 0 Å². The van der Waals surface area contributed by atoms with Crippen LogP contribution in [0.15, 0.2) is 49.1 Å². The van der Waals surface area contributed by atoms with Crippen LogP contribution in [0.5, 0.6) is 0 Å². The zero-order valence-corrected chi connectivity index (χ0v) is 31.1. The Kier molecular flexibility index (Phi) is 11.1. The molecule has 50 heavy (non-hydrogen) atoms. The van der Waals surface area contributed by atoms with Crippen molar-refractivity contribution in [2.45, 2.75) is 148 Å². The summed E-state index contributed by atoms with van der Waals surface area (Å²) in [5.74, 6) is 1.94. The highest BCUT2D eigenvalue weighted by molar-refractivity contribution is 5.83. The number of hydrogen-bond acceptors (Lipinski definition) is 7. The SMILES string of the molecule is CCC(CCC(C)(CCC(CCC(C)(CC)C(=O)OC1(C)C2CC3CC(C2)CC1C3)c1ccccc1)C(=O)OC1CCOC1=O)n1ccnc1. The summed E-state index contributed by atoms with van der Waals surface area (Å²) < 4.78 is 19.8. The summed E-state index contributed by atoms with van der Waals surface area (Å²) in [6.45, 7) is 10.9. The Bertz CT molecular complexity index is 1430. The van der Waals surface area contributed by atoms with Crippen molar-refractivity contribution >= 4 is 17.9 Å². The van der Waals surface area contributed by atoms with Crippen LogP contribution in [0, 0.1) is 34.5 Å². The van der Waals surface area contributed by atoms with Gasteiger partial charge in [-0.3, -0.25) is 9.59 Å². The topological polar surface area (TPSA) is 96.7 Å². The Labute approximate surface area is 299 Å². The quantitative estimate of drug-likeness (QED) is 0.121. The van der Waals surface area contributed by atoms with E-state index >= 15 is 0 Å². The van der Waals surface area contributed by atoms with E-state index in [0.717, 1.165) is 43.9 Å². The molecule has 4 bridgehead atoms. The van der Waals surface area contributed by atoms with Crippen molar-refractivity contribution in [3.05, 3.63) is 54.6 Å². The molecule has 7 rings (SSSR count). The molecule has 0 radical (unpaired) electrons. The number of carbonyl (C=O) groups excluding carboxylic acids is 3. The molecule has 2 heterocycles. The smallest absolute Gasteiger partial charge is 0.347 e. The number of carbonyl (C=O) groups is 3. The second-order valence-corrected chi connectivity index (χ2v) is 17.0. The second kappa shape index (κ2) is 15.2. The van der Waals surface area contributed by atoms with Crippen LogP contribution in [0.4, 0.5) is 0 Å². The average molecular weight is 689 g/mol. The van der Waals surface area contributed by atoms with E-state index in [1.165, 1.54) is 37.7 Å². The number of esters is 3. The summed E-state index contributed by atoms with van der Waals surface area (Å²) in [5, 5.41) is 0. The molecule has 1 aliphatic heterocycles. The van der Waals surface area contributed by atoms with Crippen LogP contribution in [0.2, 0.25) is 0 Å². The number of hydrogen-bond donors (Lipinski definition) is 0. The molecule has 1 aromatic carbocycles. The monoisotopic (exact) mass is 688 g/mol.